The minimum atomic E-state index is -4.32. The Bertz CT molecular complexity index is 1030. The van der Waals surface area contributed by atoms with Gasteiger partial charge in [-0.25, -0.2) is 8.78 Å². The Hall–Kier alpha value is -2.75. The van der Waals surface area contributed by atoms with Crippen molar-refractivity contribution < 1.29 is 26.7 Å². The van der Waals surface area contributed by atoms with E-state index in [0.717, 1.165) is 31.9 Å². The molecule has 1 aromatic heterocycles. The molecule has 34 heavy (non-hydrogen) atoms. The maximum atomic E-state index is 14.0. The van der Waals surface area contributed by atoms with Crippen molar-refractivity contribution in [3.8, 4) is 11.1 Å². The summed E-state index contributed by atoms with van der Waals surface area (Å²) in [7, 11) is 0. The van der Waals surface area contributed by atoms with Crippen molar-refractivity contribution in [1.82, 2.24) is 15.6 Å². The maximum absolute atomic E-state index is 14.0. The van der Waals surface area contributed by atoms with Gasteiger partial charge in [-0.1, -0.05) is 6.92 Å². The highest BCUT2D eigenvalue weighted by molar-refractivity contribution is 6.03. The van der Waals surface area contributed by atoms with Crippen LogP contribution in [-0.4, -0.2) is 48.8 Å². The molecule has 1 aromatic carbocycles. The lowest BCUT2D eigenvalue weighted by Crippen LogP contribution is -2.42. The summed E-state index contributed by atoms with van der Waals surface area (Å²) in [6.07, 6.45) is 0.338. The van der Waals surface area contributed by atoms with Crippen molar-refractivity contribution in [2.45, 2.75) is 44.3 Å². The fourth-order valence-corrected chi connectivity index (χ4v) is 4.99. The van der Waals surface area contributed by atoms with Gasteiger partial charge in [0.1, 0.15) is 11.6 Å². The Morgan fingerprint density at radius 3 is 2.59 bits per heavy atom. The average Bonchev–Trinajstić information content (AvgIpc) is 3.39. The van der Waals surface area contributed by atoms with Crippen LogP contribution in [-0.2, 0) is 0 Å². The van der Waals surface area contributed by atoms with E-state index in [1.54, 1.807) is 0 Å². The number of amides is 1. The van der Waals surface area contributed by atoms with E-state index < -0.39 is 36.1 Å². The second kappa shape index (κ2) is 9.48. The van der Waals surface area contributed by atoms with E-state index >= 15 is 0 Å². The van der Waals surface area contributed by atoms with E-state index in [9.17, 15) is 26.7 Å². The van der Waals surface area contributed by atoms with E-state index in [1.807, 2.05) is 4.90 Å². The summed E-state index contributed by atoms with van der Waals surface area (Å²) in [5, 5.41) is 6.11. The summed E-state index contributed by atoms with van der Waals surface area (Å²) in [5.74, 6) is -2.89. The standard InChI is InChI=1S/C24H27F5N4O/c1-15(10-24(27,28)29)11-31-22(34)20-13-30-12-19(16-7-17(25)9-18(26)8-16)21(20)33-6-4-23(14-33)3-2-5-32-23/h7-9,12-13,15,32H,2-6,10-11,14H2,1H3,(H,31,34)/t15?,23-/m0/s1. The van der Waals surface area contributed by atoms with Gasteiger partial charge in [-0.3, -0.25) is 9.78 Å². The largest absolute Gasteiger partial charge is 0.389 e. The monoisotopic (exact) mass is 482 g/mol. The first-order valence-electron chi connectivity index (χ1n) is 11.3. The number of aromatic nitrogens is 1. The van der Waals surface area contributed by atoms with Crippen LogP contribution in [0.3, 0.4) is 0 Å². The molecule has 2 saturated heterocycles. The number of alkyl halides is 3. The molecule has 1 unspecified atom stereocenters. The first kappa shape index (κ1) is 24.4. The minimum Gasteiger partial charge on any atom is -0.368 e. The van der Waals surface area contributed by atoms with E-state index in [1.165, 1.54) is 31.5 Å². The molecular formula is C24H27F5N4O. The summed E-state index contributed by atoms with van der Waals surface area (Å²) in [4.78, 5) is 19.2. The van der Waals surface area contributed by atoms with Gasteiger partial charge in [0, 0.05) is 55.6 Å². The number of nitrogens with zero attached hydrogens (tertiary/aromatic N) is 2. The highest BCUT2D eigenvalue weighted by atomic mass is 19.4. The van der Waals surface area contributed by atoms with Crippen molar-refractivity contribution in [1.29, 1.82) is 0 Å². The second-order valence-electron chi connectivity index (χ2n) is 9.36. The van der Waals surface area contributed by atoms with Crippen LogP contribution in [0.1, 0.15) is 43.0 Å². The number of carbonyl (C=O) groups excluding carboxylic acids is 1. The molecule has 184 valence electrons. The molecule has 2 aromatic rings. The summed E-state index contributed by atoms with van der Waals surface area (Å²) in [5.41, 5.74) is 1.18. The zero-order valence-electron chi connectivity index (χ0n) is 18.8. The van der Waals surface area contributed by atoms with Gasteiger partial charge in [0.2, 0.25) is 0 Å². The van der Waals surface area contributed by atoms with Gasteiger partial charge in [-0.2, -0.15) is 13.2 Å². The van der Waals surface area contributed by atoms with Crippen LogP contribution in [0.25, 0.3) is 11.1 Å². The number of benzene rings is 1. The number of rotatable bonds is 6. The number of carbonyl (C=O) groups is 1. The van der Waals surface area contributed by atoms with Gasteiger partial charge in [0.25, 0.3) is 5.91 Å². The van der Waals surface area contributed by atoms with Crippen molar-refractivity contribution in [3.63, 3.8) is 0 Å². The summed E-state index contributed by atoms with van der Waals surface area (Å²) in [6.45, 7) is 3.37. The molecule has 0 saturated carbocycles. The van der Waals surface area contributed by atoms with Crippen molar-refractivity contribution in [2.75, 3.05) is 31.1 Å². The molecular weight excluding hydrogens is 455 g/mol. The van der Waals surface area contributed by atoms with Crippen molar-refractivity contribution in [3.05, 3.63) is 47.8 Å². The third-order valence-corrected chi connectivity index (χ3v) is 6.53. The Morgan fingerprint density at radius 2 is 1.94 bits per heavy atom. The van der Waals surface area contributed by atoms with Crippen molar-refractivity contribution >= 4 is 11.6 Å². The Balaban J connectivity index is 1.68. The van der Waals surface area contributed by atoms with Gasteiger partial charge < -0.3 is 15.5 Å². The van der Waals surface area contributed by atoms with Gasteiger partial charge in [-0.15, -0.1) is 0 Å². The minimum absolute atomic E-state index is 0.0945. The zero-order valence-corrected chi connectivity index (χ0v) is 18.8. The third-order valence-electron chi connectivity index (χ3n) is 6.53. The second-order valence-corrected chi connectivity index (χ2v) is 9.36. The van der Waals surface area contributed by atoms with Crippen LogP contribution in [0.4, 0.5) is 27.6 Å². The fourth-order valence-electron chi connectivity index (χ4n) is 4.99. The third kappa shape index (κ3) is 5.48. The maximum Gasteiger partial charge on any atom is 0.389 e. The lowest BCUT2D eigenvalue weighted by molar-refractivity contribution is -0.142. The first-order valence-corrected chi connectivity index (χ1v) is 11.3. The molecule has 2 aliphatic heterocycles. The van der Waals surface area contributed by atoms with E-state index in [4.69, 9.17) is 0 Å². The van der Waals surface area contributed by atoms with Gasteiger partial charge in [0.05, 0.1) is 11.3 Å². The molecule has 2 fully saturated rings. The molecule has 0 aliphatic carbocycles. The molecule has 0 bridgehead atoms. The van der Waals surface area contributed by atoms with E-state index in [-0.39, 0.29) is 23.2 Å². The van der Waals surface area contributed by atoms with Crippen molar-refractivity contribution in [2.24, 2.45) is 5.92 Å². The molecule has 2 atom stereocenters. The molecule has 4 rings (SSSR count). The first-order chi connectivity index (χ1) is 16.1. The SMILES string of the molecule is CC(CNC(=O)c1cncc(-c2cc(F)cc(F)c2)c1N1CC[C@@]2(CCCN2)C1)CC(F)(F)F. The van der Waals surface area contributed by atoms with Crippen LogP contribution in [0, 0.1) is 17.6 Å². The Morgan fingerprint density at radius 1 is 1.21 bits per heavy atom. The molecule has 1 spiro atoms. The number of hydrogen-bond acceptors (Lipinski definition) is 4. The normalized spacial score (nSPS) is 21.3. The fraction of sp³-hybridized carbons (Fsp3) is 0.500. The van der Waals surface area contributed by atoms with Gasteiger partial charge >= 0.3 is 6.18 Å². The number of pyridine rings is 1. The number of hydrogen-bond donors (Lipinski definition) is 2. The van der Waals surface area contributed by atoms with Gasteiger partial charge in [0.15, 0.2) is 0 Å². The highest BCUT2D eigenvalue weighted by Crippen LogP contribution is 2.40. The van der Waals surface area contributed by atoms with Crippen LogP contribution in [0.5, 0.6) is 0 Å². The highest BCUT2D eigenvalue weighted by Gasteiger charge is 2.41. The molecule has 3 heterocycles. The molecule has 1 amide bonds. The predicted octanol–water partition coefficient (Wildman–Crippen LogP) is 4.68. The van der Waals surface area contributed by atoms with Crippen LogP contribution >= 0.6 is 0 Å². The van der Waals surface area contributed by atoms with E-state index in [0.29, 0.717) is 24.3 Å². The van der Waals surface area contributed by atoms with E-state index in [2.05, 4.69) is 15.6 Å². The lowest BCUT2D eigenvalue weighted by Gasteiger charge is -2.28. The lowest BCUT2D eigenvalue weighted by atomic mass is 9.96. The molecule has 10 heteroatoms. The number of nitrogens with one attached hydrogen (secondary N) is 2. The Kier molecular flexibility index (Phi) is 6.80. The summed E-state index contributed by atoms with van der Waals surface area (Å²) < 4.78 is 66.1. The molecule has 0 radical (unpaired) electrons. The number of halogens is 5. The molecule has 5 nitrogen and oxygen atoms in total. The van der Waals surface area contributed by atoms with Crippen LogP contribution in [0.2, 0.25) is 0 Å². The summed E-state index contributed by atoms with van der Waals surface area (Å²) >= 11 is 0. The Labute approximate surface area is 194 Å². The topological polar surface area (TPSA) is 57.3 Å². The zero-order chi connectivity index (χ0) is 24.5. The van der Waals surface area contributed by atoms with Crippen LogP contribution < -0.4 is 15.5 Å². The summed E-state index contributed by atoms with van der Waals surface area (Å²) in [6, 6.07) is 3.12. The van der Waals surface area contributed by atoms with Crippen LogP contribution in [0.15, 0.2) is 30.6 Å². The number of anilines is 1. The predicted molar refractivity (Wildman–Crippen MR) is 119 cm³/mol. The molecule has 2 aliphatic rings. The quantitative estimate of drug-likeness (QED) is 0.588. The van der Waals surface area contributed by atoms with Gasteiger partial charge in [-0.05, 0) is 49.4 Å². The smallest absolute Gasteiger partial charge is 0.368 e. The average molecular weight is 482 g/mol. The molecule has 2 N–H and O–H groups in total.